The van der Waals surface area contributed by atoms with Gasteiger partial charge in [0.05, 0.1) is 16.8 Å². The van der Waals surface area contributed by atoms with Gasteiger partial charge in [0, 0.05) is 67.0 Å². The lowest BCUT2D eigenvalue weighted by atomic mass is 10.0. The van der Waals surface area contributed by atoms with Crippen molar-refractivity contribution in [1.29, 1.82) is 0 Å². The van der Waals surface area contributed by atoms with Crippen molar-refractivity contribution in [1.82, 2.24) is 29.5 Å². The molecule has 2 N–H and O–H groups in total. The van der Waals surface area contributed by atoms with Gasteiger partial charge in [0.25, 0.3) is 0 Å². The second-order valence-corrected chi connectivity index (χ2v) is 11.7. The number of rotatable bonds is 9. The van der Waals surface area contributed by atoms with Crippen molar-refractivity contribution in [3.63, 3.8) is 0 Å². The summed E-state index contributed by atoms with van der Waals surface area (Å²) in [5.41, 5.74) is 5.46. The maximum atomic E-state index is 12.4. The summed E-state index contributed by atoms with van der Waals surface area (Å²) in [7, 11) is 3.93. The number of pyridine rings is 2. The number of likely N-dealkylation sites (N-methyl/N-ethyl adjacent to an activating group) is 1. The highest BCUT2D eigenvalue weighted by molar-refractivity contribution is 6.02. The molecular formula is C36H35N9O. The Morgan fingerprint density at radius 3 is 2.72 bits per heavy atom. The first-order valence-electron chi connectivity index (χ1n) is 15.4. The molecule has 1 amide bonds. The molecule has 0 aliphatic carbocycles. The third kappa shape index (κ3) is 6.15. The second-order valence-electron chi connectivity index (χ2n) is 11.7. The van der Waals surface area contributed by atoms with Crippen LogP contribution in [0.1, 0.15) is 6.42 Å². The van der Waals surface area contributed by atoms with E-state index in [-0.39, 0.29) is 11.9 Å². The largest absolute Gasteiger partial charge is 0.354 e. The molecule has 0 bridgehead atoms. The maximum Gasteiger partial charge on any atom is 0.248 e. The number of hydrogen-bond donors (Lipinski definition) is 2. The average molecular weight is 610 g/mol. The van der Waals surface area contributed by atoms with E-state index in [4.69, 9.17) is 15.1 Å². The molecule has 46 heavy (non-hydrogen) atoms. The van der Waals surface area contributed by atoms with Crippen LogP contribution >= 0.6 is 0 Å². The van der Waals surface area contributed by atoms with Gasteiger partial charge in [-0.25, -0.2) is 19.5 Å². The molecule has 1 unspecified atom stereocenters. The molecule has 1 aliphatic heterocycles. The second kappa shape index (κ2) is 12.8. The molecule has 10 heteroatoms. The Labute approximate surface area is 267 Å². The van der Waals surface area contributed by atoms with Gasteiger partial charge >= 0.3 is 0 Å². The predicted octanol–water partition coefficient (Wildman–Crippen LogP) is 5.75. The minimum absolute atomic E-state index is 0.145. The summed E-state index contributed by atoms with van der Waals surface area (Å²) in [5, 5.41) is 13.5. The van der Waals surface area contributed by atoms with Crippen molar-refractivity contribution in [3.05, 3.63) is 110 Å². The van der Waals surface area contributed by atoms with Gasteiger partial charge < -0.3 is 20.4 Å². The number of carbonyl (C=O) groups is 1. The standard InChI is InChI=1S/C36H35N9O/c1-43(2)20-8-12-32(46)39-27-13-14-29-26(23-27)15-18-37-35(29)44-22-17-28(24-44)40-36-38-19-16-30(41-36)33-31-11-6-7-21-45(31)42-34(33)25-9-4-3-5-10-25/h3-16,18-19,21,23,28H,17,20,22,24H2,1-2H3,(H,39,46)(H,38,40,41)/b12-8+. The summed E-state index contributed by atoms with van der Waals surface area (Å²) in [5.74, 6) is 1.37. The number of amides is 1. The first kappa shape index (κ1) is 29.1. The molecule has 5 heterocycles. The third-order valence-electron chi connectivity index (χ3n) is 8.07. The van der Waals surface area contributed by atoms with Crippen molar-refractivity contribution in [2.45, 2.75) is 12.5 Å². The smallest absolute Gasteiger partial charge is 0.248 e. The summed E-state index contributed by atoms with van der Waals surface area (Å²) in [6.07, 6.45) is 9.93. The van der Waals surface area contributed by atoms with Gasteiger partial charge in [0.15, 0.2) is 0 Å². The zero-order valence-corrected chi connectivity index (χ0v) is 25.8. The topological polar surface area (TPSA) is 104 Å². The molecule has 1 saturated heterocycles. The Kier molecular flexibility index (Phi) is 8.09. The van der Waals surface area contributed by atoms with E-state index in [1.165, 1.54) is 0 Å². The summed E-state index contributed by atoms with van der Waals surface area (Å²) in [6, 6.07) is 26.3. The van der Waals surface area contributed by atoms with Crippen molar-refractivity contribution in [3.8, 4) is 22.5 Å². The molecule has 230 valence electrons. The van der Waals surface area contributed by atoms with Crippen LogP contribution in [-0.2, 0) is 4.79 Å². The number of nitrogens with zero attached hydrogens (tertiary/aromatic N) is 7. The number of nitrogens with one attached hydrogen (secondary N) is 2. The van der Waals surface area contributed by atoms with E-state index >= 15 is 0 Å². The first-order valence-corrected chi connectivity index (χ1v) is 15.4. The van der Waals surface area contributed by atoms with Crippen molar-refractivity contribution < 1.29 is 4.79 Å². The highest BCUT2D eigenvalue weighted by Gasteiger charge is 2.26. The van der Waals surface area contributed by atoms with Crippen LogP contribution in [0.5, 0.6) is 0 Å². The minimum Gasteiger partial charge on any atom is -0.354 e. The fourth-order valence-electron chi connectivity index (χ4n) is 5.92. The Morgan fingerprint density at radius 2 is 1.85 bits per heavy atom. The number of carbonyl (C=O) groups excluding carboxylic acids is 1. The molecule has 0 spiro atoms. The minimum atomic E-state index is -0.145. The molecule has 0 saturated carbocycles. The van der Waals surface area contributed by atoms with Crippen molar-refractivity contribution in [2.75, 3.05) is 49.3 Å². The third-order valence-corrected chi connectivity index (χ3v) is 8.07. The summed E-state index contributed by atoms with van der Waals surface area (Å²) >= 11 is 0. The van der Waals surface area contributed by atoms with E-state index in [1.54, 1.807) is 12.3 Å². The Bertz CT molecular complexity index is 2040. The zero-order valence-electron chi connectivity index (χ0n) is 25.8. The van der Waals surface area contributed by atoms with E-state index in [2.05, 4.69) is 38.7 Å². The van der Waals surface area contributed by atoms with Crippen LogP contribution in [0.3, 0.4) is 0 Å². The molecule has 6 aromatic rings. The maximum absolute atomic E-state index is 12.4. The normalized spacial score (nSPS) is 14.9. The average Bonchev–Trinajstić information content (AvgIpc) is 3.70. The molecule has 1 fully saturated rings. The van der Waals surface area contributed by atoms with Gasteiger partial charge in [0.1, 0.15) is 11.5 Å². The van der Waals surface area contributed by atoms with Crippen LogP contribution in [0.25, 0.3) is 38.8 Å². The SMILES string of the molecule is CN(C)C/C=C/C(=O)Nc1ccc2c(N3CCC(Nc4nccc(-c5c(-c6ccccc6)nn6ccccc56)n4)C3)nccc2c1. The first-order chi connectivity index (χ1) is 22.5. The molecular weight excluding hydrogens is 574 g/mol. The van der Waals surface area contributed by atoms with Gasteiger partial charge in [-0.2, -0.15) is 5.10 Å². The van der Waals surface area contributed by atoms with Crippen molar-refractivity contribution >= 4 is 39.6 Å². The number of hydrogen-bond acceptors (Lipinski definition) is 8. The molecule has 1 atom stereocenters. The van der Waals surface area contributed by atoms with E-state index in [0.29, 0.717) is 12.5 Å². The Morgan fingerprint density at radius 1 is 1.00 bits per heavy atom. The molecule has 0 radical (unpaired) electrons. The van der Waals surface area contributed by atoms with Crippen molar-refractivity contribution in [2.24, 2.45) is 0 Å². The Balaban J connectivity index is 1.08. The van der Waals surface area contributed by atoms with Crippen LogP contribution in [0.15, 0.2) is 110 Å². The molecule has 1 aliphatic rings. The van der Waals surface area contributed by atoms with E-state index in [0.717, 1.165) is 69.8 Å². The molecule has 2 aromatic carbocycles. The summed E-state index contributed by atoms with van der Waals surface area (Å²) in [6.45, 7) is 2.33. The van der Waals surface area contributed by atoms with Crippen LogP contribution in [-0.4, -0.2) is 75.1 Å². The Hall–Kier alpha value is -5.61. The number of anilines is 3. The quantitative estimate of drug-likeness (QED) is 0.200. The lowest BCUT2D eigenvalue weighted by Crippen LogP contribution is -2.27. The lowest BCUT2D eigenvalue weighted by molar-refractivity contribution is -0.111. The number of aromatic nitrogens is 5. The molecule has 4 aromatic heterocycles. The van der Waals surface area contributed by atoms with E-state index in [9.17, 15) is 4.79 Å². The summed E-state index contributed by atoms with van der Waals surface area (Å²) in [4.78, 5) is 31.0. The fraction of sp³-hybridized carbons (Fsp3) is 0.194. The highest BCUT2D eigenvalue weighted by Crippen LogP contribution is 2.35. The monoisotopic (exact) mass is 609 g/mol. The van der Waals surface area contributed by atoms with Gasteiger partial charge in [-0.3, -0.25) is 4.79 Å². The predicted molar refractivity (Wildman–Crippen MR) is 184 cm³/mol. The van der Waals surface area contributed by atoms with Crippen LogP contribution in [0, 0.1) is 0 Å². The van der Waals surface area contributed by atoms with Crippen LogP contribution in [0.4, 0.5) is 17.5 Å². The fourth-order valence-corrected chi connectivity index (χ4v) is 5.92. The zero-order chi connectivity index (χ0) is 31.5. The number of fused-ring (bicyclic) bond motifs is 2. The van der Waals surface area contributed by atoms with Gasteiger partial charge in [-0.15, -0.1) is 0 Å². The van der Waals surface area contributed by atoms with E-state index in [1.807, 2.05) is 103 Å². The summed E-state index contributed by atoms with van der Waals surface area (Å²) < 4.78 is 1.90. The van der Waals surface area contributed by atoms with Gasteiger partial charge in [-0.1, -0.05) is 42.5 Å². The lowest BCUT2D eigenvalue weighted by Gasteiger charge is -2.20. The molecule has 7 rings (SSSR count). The van der Waals surface area contributed by atoms with Gasteiger partial charge in [-0.05, 0) is 68.4 Å². The molecule has 10 nitrogen and oxygen atoms in total. The van der Waals surface area contributed by atoms with E-state index < -0.39 is 0 Å². The van der Waals surface area contributed by atoms with Gasteiger partial charge in [0.2, 0.25) is 11.9 Å². The van der Waals surface area contributed by atoms with Crippen LogP contribution < -0.4 is 15.5 Å². The number of benzene rings is 2. The highest BCUT2D eigenvalue weighted by atomic mass is 16.1. The van der Waals surface area contributed by atoms with Crippen LogP contribution in [0.2, 0.25) is 0 Å².